The Morgan fingerprint density at radius 2 is 1.68 bits per heavy atom. The third-order valence-electron chi connectivity index (χ3n) is 5.18. The first-order chi connectivity index (χ1) is 14.5. The first-order valence-electron chi connectivity index (χ1n) is 9.12. The maximum absolute atomic E-state index is 13.8. The van der Waals surface area contributed by atoms with E-state index in [4.69, 9.17) is 14.6 Å². The summed E-state index contributed by atoms with van der Waals surface area (Å²) < 4.78 is 76.3. The third kappa shape index (κ3) is 3.63. The highest BCUT2D eigenvalue weighted by molar-refractivity contribution is 7.89. The molecule has 3 aromatic rings. The van der Waals surface area contributed by atoms with Gasteiger partial charge in [0.15, 0.2) is 5.69 Å². The van der Waals surface area contributed by atoms with Gasteiger partial charge in [-0.2, -0.15) is 18.3 Å². The zero-order chi connectivity index (χ0) is 22.6. The van der Waals surface area contributed by atoms with Gasteiger partial charge in [-0.25, -0.2) is 18.2 Å². The molecule has 0 atom stereocenters. The highest BCUT2D eigenvalue weighted by Gasteiger charge is 2.41. The Morgan fingerprint density at radius 1 is 1.03 bits per heavy atom. The Balaban J connectivity index is 2.01. The second kappa shape index (κ2) is 7.27. The van der Waals surface area contributed by atoms with Gasteiger partial charge in [0.05, 0.1) is 30.5 Å². The van der Waals surface area contributed by atoms with E-state index >= 15 is 0 Å². The molecule has 0 amide bonds. The molecule has 0 fully saturated rings. The van der Waals surface area contributed by atoms with Crippen LogP contribution in [0.5, 0.6) is 11.5 Å². The number of hydrogen-bond donors (Lipinski definition) is 1. The minimum Gasteiger partial charge on any atom is -0.497 e. The summed E-state index contributed by atoms with van der Waals surface area (Å²) in [7, 11) is -1.01. The van der Waals surface area contributed by atoms with Crippen molar-refractivity contribution in [3.63, 3.8) is 0 Å². The van der Waals surface area contributed by atoms with Crippen LogP contribution in [0, 0.1) is 0 Å². The number of benzene rings is 2. The number of primary sulfonamides is 1. The van der Waals surface area contributed by atoms with Crippen LogP contribution in [0.4, 0.5) is 13.2 Å². The molecule has 31 heavy (non-hydrogen) atoms. The number of halogens is 3. The molecule has 0 bridgehead atoms. The molecule has 0 unspecified atom stereocenters. The van der Waals surface area contributed by atoms with Crippen molar-refractivity contribution in [3.05, 3.63) is 53.2 Å². The predicted octanol–water partition coefficient (Wildman–Crippen LogP) is 3.32. The van der Waals surface area contributed by atoms with E-state index in [1.165, 1.54) is 43.2 Å². The predicted molar refractivity (Wildman–Crippen MR) is 106 cm³/mol. The number of nitrogens with two attached hydrogens (primary N) is 1. The fourth-order valence-electron chi connectivity index (χ4n) is 3.79. The lowest BCUT2D eigenvalue weighted by Crippen LogP contribution is -2.12. The highest BCUT2D eigenvalue weighted by atomic mass is 32.2. The summed E-state index contributed by atoms with van der Waals surface area (Å²) in [5.41, 5.74) is 0.849. The molecular weight excluding hydrogens is 435 g/mol. The van der Waals surface area contributed by atoms with E-state index in [-0.39, 0.29) is 28.3 Å². The molecule has 4 rings (SSSR count). The quantitative estimate of drug-likeness (QED) is 0.654. The lowest BCUT2D eigenvalue weighted by Gasteiger charge is -2.22. The van der Waals surface area contributed by atoms with Gasteiger partial charge >= 0.3 is 6.18 Å². The zero-order valence-corrected chi connectivity index (χ0v) is 17.3. The van der Waals surface area contributed by atoms with Crippen molar-refractivity contribution in [1.82, 2.24) is 9.78 Å². The lowest BCUT2D eigenvalue weighted by atomic mass is 9.87. The van der Waals surface area contributed by atoms with Crippen molar-refractivity contribution >= 4 is 10.0 Å². The molecule has 1 aliphatic carbocycles. The molecule has 2 N–H and O–H groups in total. The number of methoxy groups -OCH3 is 2. The molecule has 0 aliphatic heterocycles. The number of aromatic nitrogens is 2. The third-order valence-corrected chi connectivity index (χ3v) is 6.11. The maximum atomic E-state index is 13.8. The zero-order valence-electron chi connectivity index (χ0n) is 16.5. The molecule has 0 spiro atoms. The first-order valence-corrected chi connectivity index (χ1v) is 10.7. The van der Waals surface area contributed by atoms with Crippen molar-refractivity contribution in [1.29, 1.82) is 0 Å². The first kappa shape index (κ1) is 21.2. The maximum Gasteiger partial charge on any atom is 0.435 e. The van der Waals surface area contributed by atoms with E-state index in [0.717, 1.165) is 5.56 Å². The van der Waals surface area contributed by atoms with Crippen LogP contribution < -0.4 is 14.6 Å². The van der Waals surface area contributed by atoms with Crippen LogP contribution in [-0.2, 0) is 29.0 Å². The lowest BCUT2D eigenvalue weighted by molar-refractivity contribution is -0.141. The van der Waals surface area contributed by atoms with Gasteiger partial charge in [0.25, 0.3) is 0 Å². The van der Waals surface area contributed by atoms with Crippen molar-refractivity contribution in [2.75, 3.05) is 14.2 Å². The summed E-state index contributed by atoms with van der Waals surface area (Å²) in [6.45, 7) is 0. The Hall–Kier alpha value is -3.05. The van der Waals surface area contributed by atoms with Crippen LogP contribution in [0.1, 0.15) is 16.8 Å². The van der Waals surface area contributed by atoms with E-state index in [2.05, 4.69) is 5.10 Å². The number of ether oxygens (including phenoxy) is 2. The number of nitrogens with zero attached hydrogens (tertiary/aromatic N) is 2. The molecule has 0 saturated heterocycles. The minimum atomic E-state index is -4.66. The summed E-state index contributed by atoms with van der Waals surface area (Å²) in [6, 6.07) is 8.49. The summed E-state index contributed by atoms with van der Waals surface area (Å²) >= 11 is 0. The van der Waals surface area contributed by atoms with E-state index in [1.807, 2.05) is 0 Å². The molecule has 11 heteroatoms. The number of rotatable bonds is 4. The molecule has 1 heterocycles. The van der Waals surface area contributed by atoms with Crippen LogP contribution in [0.3, 0.4) is 0 Å². The number of hydrogen-bond acceptors (Lipinski definition) is 5. The second-order valence-electron chi connectivity index (χ2n) is 6.98. The van der Waals surface area contributed by atoms with Crippen LogP contribution in [0.15, 0.2) is 41.3 Å². The number of alkyl halides is 3. The monoisotopic (exact) mass is 453 g/mol. The van der Waals surface area contributed by atoms with Crippen molar-refractivity contribution in [3.8, 4) is 28.4 Å². The number of sulfonamides is 1. The molecular formula is C20H18F3N3O4S. The standard InChI is InChI=1S/C20H18F3N3O4S/c1-29-12-9-16-14(17(10-12)30-2)7-8-15-18(16)26(25-19(15)20(21,22)23)11-3-5-13(6-4-11)31(24,27)28/h3-6,9-10H,7-8H2,1-2H3,(H2,24,27,28). The molecule has 0 saturated carbocycles. The van der Waals surface area contributed by atoms with Crippen molar-refractivity contribution < 1.29 is 31.1 Å². The summed E-state index contributed by atoms with van der Waals surface area (Å²) in [5, 5.41) is 8.98. The Kier molecular flexibility index (Phi) is 4.97. The van der Waals surface area contributed by atoms with Gasteiger partial charge in [-0.3, -0.25) is 0 Å². The van der Waals surface area contributed by atoms with Gasteiger partial charge in [-0.15, -0.1) is 0 Å². The fraction of sp³-hybridized carbons (Fsp3) is 0.250. The summed E-state index contributed by atoms with van der Waals surface area (Å²) in [4.78, 5) is -0.156. The van der Waals surface area contributed by atoms with Gasteiger partial charge in [-0.1, -0.05) is 0 Å². The molecule has 1 aliphatic rings. The minimum absolute atomic E-state index is 0.0610. The van der Waals surface area contributed by atoms with Crippen molar-refractivity contribution in [2.45, 2.75) is 23.9 Å². The molecule has 2 aromatic carbocycles. The van der Waals surface area contributed by atoms with Gasteiger partial charge in [0.1, 0.15) is 11.5 Å². The SMILES string of the molecule is COc1cc(OC)c2c(c1)-c1c(c(C(F)(F)F)nn1-c1ccc(S(N)(=O)=O)cc1)CC2. The summed E-state index contributed by atoms with van der Waals surface area (Å²) in [6.07, 6.45) is -4.19. The van der Waals surface area contributed by atoms with Gasteiger partial charge in [0.2, 0.25) is 10.0 Å². The smallest absolute Gasteiger partial charge is 0.435 e. The van der Waals surface area contributed by atoms with E-state index < -0.39 is 21.9 Å². The Labute approximate surface area is 176 Å². The van der Waals surface area contributed by atoms with Crippen LogP contribution in [0.2, 0.25) is 0 Å². The topological polar surface area (TPSA) is 96.4 Å². The molecule has 7 nitrogen and oxygen atoms in total. The van der Waals surface area contributed by atoms with Crippen LogP contribution in [0.25, 0.3) is 16.9 Å². The van der Waals surface area contributed by atoms with Crippen LogP contribution >= 0.6 is 0 Å². The second-order valence-corrected chi connectivity index (χ2v) is 8.54. The van der Waals surface area contributed by atoms with Crippen molar-refractivity contribution in [2.24, 2.45) is 5.14 Å². The van der Waals surface area contributed by atoms with E-state index in [0.29, 0.717) is 23.5 Å². The largest absolute Gasteiger partial charge is 0.497 e. The summed E-state index contributed by atoms with van der Waals surface area (Å²) in [5.74, 6) is 0.931. The van der Waals surface area contributed by atoms with Gasteiger partial charge in [0, 0.05) is 22.8 Å². The highest BCUT2D eigenvalue weighted by Crippen LogP contribution is 2.45. The average molecular weight is 453 g/mol. The van der Waals surface area contributed by atoms with Gasteiger partial charge in [-0.05, 0) is 43.2 Å². The van der Waals surface area contributed by atoms with Crippen LogP contribution in [-0.4, -0.2) is 32.4 Å². The van der Waals surface area contributed by atoms with Gasteiger partial charge < -0.3 is 9.47 Å². The molecule has 1 aromatic heterocycles. The number of fused-ring (bicyclic) bond motifs is 3. The fourth-order valence-corrected chi connectivity index (χ4v) is 4.31. The average Bonchev–Trinajstić information content (AvgIpc) is 3.13. The Morgan fingerprint density at radius 3 is 2.23 bits per heavy atom. The Bertz CT molecular complexity index is 1270. The normalized spacial score (nSPS) is 13.5. The molecule has 164 valence electrons. The van der Waals surface area contributed by atoms with E-state index in [1.54, 1.807) is 12.1 Å². The molecule has 0 radical (unpaired) electrons. The van der Waals surface area contributed by atoms with E-state index in [9.17, 15) is 21.6 Å².